The molecule has 1 N–H and O–H groups in total. The van der Waals surface area contributed by atoms with Crippen LogP contribution in [0.4, 0.5) is 9.59 Å². The monoisotopic (exact) mass is 311 g/mol. The van der Waals surface area contributed by atoms with Crippen LogP contribution in [0.3, 0.4) is 0 Å². The van der Waals surface area contributed by atoms with Crippen LogP contribution in [0.5, 0.6) is 11.5 Å². The fourth-order valence-electron chi connectivity index (χ4n) is 1.75. The minimum atomic E-state index is -0.799. The third-order valence-electron chi connectivity index (χ3n) is 2.67. The molecule has 122 valence electrons. The first-order chi connectivity index (χ1) is 10.6. The summed E-state index contributed by atoms with van der Waals surface area (Å²) in [7, 11) is 1.48. The number of hydrogen-bond donors (Lipinski definition) is 1. The highest BCUT2D eigenvalue weighted by molar-refractivity contribution is 5.68. The van der Waals surface area contributed by atoms with Gasteiger partial charge in [0.15, 0.2) is 11.5 Å². The van der Waals surface area contributed by atoms with Gasteiger partial charge in [0, 0.05) is 12.1 Å². The van der Waals surface area contributed by atoms with E-state index < -0.39 is 12.2 Å². The molecule has 0 saturated heterocycles. The zero-order chi connectivity index (χ0) is 16.4. The molecule has 0 unspecified atom stereocenters. The van der Waals surface area contributed by atoms with Crippen LogP contribution in [-0.2, 0) is 15.9 Å². The Morgan fingerprint density at radius 2 is 1.86 bits per heavy atom. The number of hydrogen-bond acceptors (Lipinski definition) is 6. The second-order valence-electron chi connectivity index (χ2n) is 4.13. The van der Waals surface area contributed by atoms with Crippen LogP contribution < -0.4 is 14.8 Å². The van der Waals surface area contributed by atoms with Crippen molar-refractivity contribution in [1.82, 2.24) is 5.32 Å². The molecule has 7 heteroatoms. The maximum atomic E-state index is 11.5. The van der Waals surface area contributed by atoms with Gasteiger partial charge in [0.25, 0.3) is 0 Å². The van der Waals surface area contributed by atoms with Crippen molar-refractivity contribution in [2.24, 2.45) is 0 Å². The minimum Gasteiger partial charge on any atom is -0.493 e. The Kier molecular flexibility index (Phi) is 7.60. The topological polar surface area (TPSA) is 83.1 Å². The molecule has 0 fully saturated rings. The van der Waals surface area contributed by atoms with E-state index in [1.54, 1.807) is 32.0 Å². The summed E-state index contributed by atoms with van der Waals surface area (Å²) in [4.78, 5) is 22.8. The quantitative estimate of drug-likeness (QED) is 0.615. The highest BCUT2D eigenvalue weighted by Gasteiger charge is 2.15. The van der Waals surface area contributed by atoms with Gasteiger partial charge in [-0.2, -0.15) is 0 Å². The zero-order valence-electron chi connectivity index (χ0n) is 13.0. The molecule has 0 atom stereocenters. The van der Waals surface area contributed by atoms with E-state index in [1.165, 1.54) is 7.11 Å². The summed E-state index contributed by atoms with van der Waals surface area (Å²) in [5.41, 5.74) is 0.712. The van der Waals surface area contributed by atoms with Crippen molar-refractivity contribution in [2.45, 2.75) is 20.3 Å². The molecule has 0 aliphatic rings. The first kappa shape index (κ1) is 17.6. The number of amides is 1. The van der Waals surface area contributed by atoms with Crippen molar-refractivity contribution >= 4 is 12.2 Å². The van der Waals surface area contributed by atoms with Crippen LogP contribution in [-0.4, -0.2) is 39.1 Å². The van der Waals surface area contributed by atoms with Gasteiger partial charge in [0.2, 0.25) is 0 Å². The molecular weight excluding hydrogens is 290 g/mol. The van der Waals surface area contributed by atoms with Crippen molar-refractivity contribution in [1.29, 1.82) is 0 Å². The maximum absolute atomic E-state index is 11.5. The van der Waals surface area contributed by atoms with Gasteiger partial charge in [-0.3, -0.25) is 0 Å². The first-order valence-corrected chi connectivity index (χ1v) is 7.03. The van der Waals surface area contributed by atoms with Crippen LogP contribution in [0.1, 0.15) is 19.4 Å². The molecule has 0 radical (unpaired) electrons. The summed E-state index contributed by atoms with van der Waals surface area (Å²) in [6, 6.07) is 5.23. The van der Waals surface area contributed by atoms with Gasteiger partial charge in [-0.1, -0.05) is 12.1 Å². The summed E-state index contributed by atoms with van der Waals surface area (Å²) in [5, 5.41) is 2.60. The number of carbonyl (C=O) groups excluding carboxylic acids is 2. The number of alkyl carbamates (subject to hydrolysis) is 1. The lowest BCUT2D eigenvalue weighted by Crippen LogP contribution is -2.26. The third kappa shape index (κ3) is 5.51. The van der Waals surface area contributed by atoms with E-state index in [1.807, 2.05) is 0 Å². The second-order valence-corrected chi connectivity index (χ2v) is 4.13. The Labute approximate surface area is 129 Å². The number of ether oxygens (including phenoxy) is 4. The molecule has 0 saturated carbocycles. The summed E-state index contributed by atoms with van der Waals surface area (Å²) in [5.74, 6) is 0.704. The van der Waals surface area contributed by atoms with Crippen molar-refractivity contribution < 1.29 is 28.5 Å². The van der Waals surface area contributed by atoms with Crippen molar-refractivity contribution in [3.8, 4) is 11.5 Å². The van der Waals surface area contributed by atoms with E-state index in [0.717, 1.165) is 0 Å². The highest BCUT2D eigenvalue weighted by Crippen LogP contribution is 2.31. The molecule has 1 amide bonds. The molecule has 0 aliphatic carbocycles. The summed E-state index contributed by atoms with van der Waals surface area (Å²) in [6.07, 6.45) is -0.838. The van der Waals surface area contributed by atoms with Gasteiger partial charge < -0.3 is 24.3 Å². The highest BCUT2D eigenvalue weighted by atomic mass is 16.7. The molecule has 7 nitrogen and oxygen atoms in total. The fraction of sp³-hybridized carbons (Fsp3) is 0.467. The molecular formula is C15H21NO6. The van der Waals surface area contributed by atoms with Crippen LogP contribution in [0.2, 0.25) is 0 Å². The maximum Gasteiger partial charge on any atom is 0.513 e. The predicted octanol–water partition coefficient (Wildman–Crippen LogP) is 2.52. The largest absolute Gasteiger partial charge is 0.513 e. The van der Waals surface area contributed by atoms with E-state index in [2.05, 4.69) is 5.32 Å². The van der Waals surface area contributed by atoms with Crippen molar-refractivity contribution in [3.05, 3.63) is 23.8 Å². The molecule has 0 spiro atoms. The van der Waals surface area contributed by atoms with Gasteiger partial charge >= 0.3 is 12.2 Å². The third-order valence-corrected chi connectivity index (χ3v) is 2.67. The number of carbonyl (C=O) groups is 2. The van der Waals surface area contributed by atoms with Gasteiger partial charge in [-0.05, 0) is 26.3 Å². The Morgan fingerprint density at radius 1 is 1.14 bits per heavy atom. The lowest BCUT2D eigenvalue weighted by Gasteiger charge is -2.13. The first-order valence-electron chi connectivity index (χ1n) is 7.03. The average Bonchev–Trinajstić information content (AvgIpc) is 2.49. The average molecular weight is 311 g/mol. The Morgan fingerprint density at radius 3 is 2.50 bits per heavy atom. The molecule has 0 aromatic heterocycles. The standard InChI is InChI=1S/C15H21NO6/c1-4-20-14(17)16-10-9-11-7-6-8-12(19-3)13(11)22-15(18)21-5-2/h6-8H,4-5,9-10H2,1-3H3,(H,16,17). The van der Waals surface area contributed by atoms with Gasteiger partial charge in [-0.25, -0.2) is 9.59 Å². The summed E-state index contributed by atoms with van der Waals surface area (Å²) in [6.45, 7) is 4.28. The number of rotatable bonds is 7. The number of methoxy groups -OCH3 is 1. The summed E-state index contributed by atoms with van der Waals surface area (Å²) < 4.78 is 19.9. The van der Waals surface area contributed by atoms with E-state index >= 15 is 0 Å². The Hall–Kier alpha value is -2.44. The SMILES string of the molecule is CCOC(=O)NCCc1cccc(OC)c1OC(=O)OCC. The molecule has 1 aromatic carbocycles. The minimum absolute atomic E-state index is 0.216. The summed E-state index contributed by atoms with van der Waals surface area (Å²) >= 11 is 0. The normalized spacial score (nSPS) is 9.77. The Bertz CT molecular complexity index is 503. The van der Waals surface area contributed by atoms with E-state index in [0.29, 0.717) is 30.9 Å². The predicted molar refractivity (Wildman–Crippen MR) is 79.4 cm³/mol. The molecule has 1 aromatic rings. The lowest BCUT2D eigenvalue weighted by molar-refractivity contribution is 0.102. The van der Waals surface area contributed by atoms with Gasteiger partial charge in [0.1, 0.15) is 0 Å². The molecule has 0 aliphatic heterocycles. The van der Waals surface area contributed by atoms with Crippen LogP contribution in [0.25, 0.3) is 0 Å². The second kappa shape index (κ2) is 9.49. The van der Waals surface area contributed by atoms with Gasteiger partial charge in [0.05, 0.1) is 20.3 Å². The number of benzene rings is 1. The molecule has 0 bridgehead atoms. The smallest absolute Gasteiger partial charge is 0.493 e. The van der Waals surface area contributed by atoms with E-state index in [-0.39, 0.29) is 12.4 Å². The molecule has 1 rings (SSSR count). The van der Waals surface area contributed by atoms with Crippen LogP contribution in [0, 0.1) is 0 Å². The zero-order valence-corrected chi connectivity index (χ0v) is 13.0. The molecule has 0 heterocycles. The number of nitrogens with one attached hydrogen (secondary N) is 1. The van der Waals surface area contributed by atoms with Crippen LogP contribution in [0.15, 0.2) is 18.2 Å². The van der Waals surface area contributed by atoms with Crippen LogP contribution >= 0.6 is 0 Å². The van der Waals surface area contributed by atoms with E-state index in [9.17, 15) is 9.59 Å². The Balaban J connectivity index is 2.76. The number of para-hydroxylation sites is 1. The van der Waals surface area contributed by atoms with Crippen molar-refractivity contribution in [2.75, 3.05) is 26.9 Å². The van der Waals surface area contributed by atoms with Crippen molar-refractivity contribution in [3.63, 3.8) is 0 Å². The van der Waals surface area contributed by atoms with E-state index in [4.69, 9.17) is 18.9 Å². The lowest BCUT2D eigenvalue weighted by atomic mass is 10.1. The fourth-order valence-corrected chi connectivity index (χ4v) is 1.75. The van der Waals surface area contributed by atoms with Gasteiger partial charge in [-0.15, -0.1) is 0 Å². The molecule has 22 heavy (non-hydrogen) atoms.